The van der Waals surface area contributed by atoms with Crippen molar-refractivity contribution in [1.29, 1.82) is 0 Å². The van der Waals surface area contributed by atoms with Gasteiger partial charge in [0.2, 0.25) is 6.79 Å². The quantitative estimate of drug-likeness (QED) is 0.288. The maximum atomic E-state index is 13.6. The van der Waals surface area contributed by atoms with Gasteiger partial charge in [-0.3, -0.25) is 19.4 Å². The Morgan fingerprint density at radius 1 is 0.886 bits per heavy atom. The molecule has 7 rings (SSSR count). The van der Waals surface area contributed by atoms with Crippen LogP contribution in [0, 0.1) is 0 Å². The first kappa shape index (κ1) is 27.8. The lowest BCUT2D eigenvalue weighted by Crippen LogP contribution is -2.48. The molecule has 4 aromatic carbocycles. The Bertz CT molecular complexity index is 1680. The van der Waals surface area contributed by atoms with Crippen LogP contribution < -0.4 is 24.4 Å². The van der Waals surface area contributed by atoms with Crippen LogP contribution in [0.1, 0.15) is 44.9 Å². The summed E-state index contributed by atoms with van der Waals surface area (Å²) >= 11 is 0. The van der Waals surface area contributed by atoms with E-state index < -0.39 is 6.17 Å². The highest BCUT2D eigenvalue weighted by molar-refractivity contribution is 6.11. The Kier molecular flexibility index (Phi) is 7.54. The van der Waals surface area contributed by atoms with Crippen LogP contribution in [-0.2, 0) is 6.54 Å². The second-order valence-electron chi connectivity index (χ2n) is 11.1. The molecule has 9 heteroatoms. The molecule has 3 aliphatic heterocycles. The number of nitrogens with one attached hydrogen (secondary N) is 1. The van der Waals surface area contributed by atoms with Crippen molar-refractivity contribution in [2.45, 2.75) is 19.6 Å². The Labute approximate surface area is 256 Å². The third-order valence-corrected chi connectivity index (χ3v) is 8.30. The molecule has 1 saturated heterocycles. The number of carbonyl (C=O) groups excluding carboxylic acids is 2. The second-order valence-corrected chi connectivity index (χ2v) is 11.1. The number of rotatable bonds is 8. The molecule has 1 atom stereocenters. The fourth-order valence-electron chi connectivity index (χ4n) is 6.08. The highest BCUT2D eigenvalue weighted by atomic mass is 16.7. The molecule has 0 aliphatic carbocycles. The van der Waals surface area contributed by atoms with Crippen LogP contribution in [0.4, 0.5) is 11.4 Å². The molecule has 0 saturated carbocycles. The fraction of sp³-hybridized carbons (Fsp3) is 0.257. The Hall–Kier alpha value is -5.02. The van der Waals surface area contributed by atoms with E-state index in [1.807, 2.05) is 96.8 Å². The molecular weight excluding hydrogens is 556 g/mol. The van der Waals surface area contributed by atoms with Crippen LogP contribution in [0.25, 0.3) is 0 Å². The molecule has 1 unspecified atom stereocenters. The zero-order chi connectivity index (χ0) is 30.0. The zero-order valence-electron chi connectivity index (χ0n) is 24.6. The van der Waals surface area contributed by atoms with Gasteiger partial charge in [-0.25, -0.2) is 0 Å². The molecule has 3 heterocycles. The number of nitrogens with zero attached hydrogens (tertiary/aromatic N) is 3. The van der Waals surface area contributed by atoms with Crippen LogP contribution in [0.3, 0.4) is 0 Å². The first-order valence-electron chi connectivity index (χ1n) is 15.0. The molecule has 9 nitrogen and oxygen atoms in total. The summed E-state index contributed by atoms with van der Waals surface area (Å²) in [7, 11) is 0. The van der Waals surface area contributed by atoms with Crippen molar-refractivity contribution in [3.63, 3.8) is 0 Å². The standard InChI is InChI=1S/C35H34N4O5/c1-2-42-28-13-11-27(12-14-28)39-33(29-8-3-4-9-30(29)35(39)41)36-26-7-5-6-25(21-26)34(40)38-18-16-37(17-19-38)22-24-10-15-31-32(20-24)44-23-43-31/h3-15,20-21,33,36H,2,16-19,22-23H2,1H3. The summed E-state index contributed by atoms with van der Waals surface area (Å²) in [6, 6.07) is 28.8. The van der Waals surface area contributed by atoms with Crippen LogP contribution in [-0.4, -0.2) is 61.2 Å². The molecule has 2 amide bonds. The van der Waals surface area contributed by atoms with Crippen LogP contribution in [0.15, 0.2) is 91.0 Å². The maximum Gasteiger partial charge on any atom is 0.260 e. The molecule has 1 fully saturated rings. The van der Waals surface area contributed by atoms with Gasteiger partial charge in [-0.1, -0.05) is 30.3 Å². The molecule has 0 spiro atoms. The van der Waals surface area contributed by atoms with E-state index in [1.54, 1.807) is 4.90 Å². The molecule has 0 bridgehead atoms. The monoisotopic (exact) mass is 590 g/mol. The highest BCUT2D eigenvalue weighted by Crippen LogP contribution is 2.39. The third kappa shape index (κ3) is 5.42. The van der Waals surface area contributed by atoms with E-state index in [0.717, 1.165) is 53.8 Å². The Balaban J connectivity index is 1.04. The summed E-state index contributed by atoms with van der Waals surface area (Å²) in [5.41, 5.74) is 4.86. The Morgan fingerprint density at radius 3 is 2.50 bits per heavy atom. The van der Waals surface area contributed by atoms with Crippen LogP contribution in [0.5, 0.6) is 17.2 Å². The SMILES string of the molecule is CCOc1ccc(N2C(=O)c3ccccc3C2Nc2cccc(C(=O)N3CCN(Cc4ccc5c(c4)OCO5)CC3)c2)cc1. The number of amides is 2. The number of carbonyl (C=O) groups is 2. The molecule has 44 heavy (non-hydrogen) atoms. The average molecular weight is 591 g/mol. The smallest absolute Gasteiger partial charge is 0.260 e. The van der Waals surface area contributed by atoms with E-state index in [9.17, 15) is 9.59 Å². The number of fused-ring (bicyclic) bond motifs is 2. The van der Waals surface area contributed by atoms with Crippen molar-refractivity contribution >= 4 is 23.2 Å². The number of hydrogen-bond donors (Lipinski definition) is 1. The van der Waals surface area contributed by atoms with Gasteiger partial charge in [-0.2, -0.15) is 0 Å². The molecular formula is C35H34N4O5. The average Bonchev–Trinajstić information content (AvgIpc) is 3.64. The summed E-state index contributed by atoms with van der Waals surface area (Å²) in [6.07, 6.45) is -0.429. The van der Waals surface area contributed by atoms with Gasteiger partial charge in [0.25, 0.3) is 11.8 Å². The number of anilines is 2. The normalized spacial score (nSPS) is 17.5. The topological polar surface area (TPSA) is 83.6 Å². The Morgan fingerprint density at radius 2 is 1.68 bits per heavy atom. The van der Waals surface area contributed by atoms with E-state index in [-0.39, 0.29) is 18.6 Å². The van der Waals surface area contributed by atoms with Crippen molar-refractivity contribution in [1.82, 2.24) is 9.80 Å². The van der Waals surface area contributed by atoms with Crippen molar-refractivity contribution in [3.8, 4) is 17.2 Å². The largest absolute Gasteiger partial charge is 0.494 e. The summed E-state index contributed by atoms with van der Waals surface area (Å²) in [5, 5.41) is 3.54. The van der Waals surface area contributed by atoms with Gasteiger partial charge in [-0.05, 0) is 73.2 Å². The van der Waals surface area contributed by atoms with Gasteiger partial charge in [0.1, 0.15) is 11.9 Å². The van der Waals surface area contributed by atoms with Gasteiger partial charge in [-0.15, -0.1) is 0 Å². The van der Waals surface area contributed by atoms with Gasteiger partial charge in [0, 0.05) is 60.8 Å². The van der Waals surface area contributed by atoms with E-state index in [1.165, 1.54) is 5.56 Å². The predicted octanol–water partition coefficient (Wildman–Crippen LogP) is 5.54. The summed E-state index contributed by atoms with van der Waals surface area (Å²) in [6.45, 7) is 6.45. The minimum absolute atomic E-state index is 0.00245. The van der Waals surface area contributed by atoms with E-state index >= 15 is 0 Å². The fourth-order valence-corrected chi connectivity index (χ4v) is 6.08. The number of ether oxygens (including phenoxy) is 3. The second kappa shape index (κ2) is 11.9. The van der Waals surface area contributed by atoms with Crippen LogP contribution in [0.2, 0.25) is 0 Å². The van der Waals surface area contributed by atoms with Crippen molar-refractivity contribution in [2.24, 2.45) is 0 Å². The van der Waals surface area contributed by atoms with Gasteiger partial charge in [0.05, 0.1) is 6.61 Å². The van der Waals surface area contributed by atoms with Gasteiger partial charge < -0.3 is 24.4 Å². The molecule has 224 valence electrons. The number of piperazine rings is 1. The van der Waals surface area contributed by atoms with E-state index in [4.69, 9.17) is 14.2 Å². The summed E-state index contributed by atoms with van der Waals surface area (Å²) in [4.78, 5) is 33.2. The van der Waals surface area contributed by atoms with Gasteiger partial charge in [0.15, 0.2) is 11.5 Å². The summed E-state index contributed by atoms with van der Waals surface area (Å²) < 4.78 is 16.5. The molecule has 1 N–H and O–H groups in total. The first-order valence-corrected chi connectivity index (χ1v) is 15.0. The predicted molar refractivity (Wildman–Crippen MR) is 167 cm³/mol. The minimum atomic E-state index is -0.429. The maximum absolute atomic E-state index is 13.6. The molecule has 3 aliphatic rings. The van der Waals surface area contributed by atoms with Gasteiger partial charge >= 0.3 is 0 Å². The van der Waals surface area contributed by atoms with Crippen molar-refractivity contribution in [3.05, 3.63) is 113 Å². The number of hydrogen-bond acceptors (Lipinski definition) is 7. The highest BCUT2D eigenvalue weighted by Gasteiger charge is 2.37. The minimum Gasteiger partial charge on any atom is -0.494 e. The lowest BCUT2D eigenvalue weighted by atomic mass is 10.1. The van der Waals surface area contributed by atoms with Crippen molar-refractivity contribution in [2.75, 3.05) is 49.8 Å². The van der Waals surface area contributed by atoms with E-state index in [2.05, 4.69) is 16.3 Å². The summed E-state index contributed by atoms with van der Waals surface area (Å²) in [5.74, 6) is 2.26. The third-order valence-electron chi connectivity index (χ3n) is 8.30. The molecule has 4 aromatic rings. The van der Waals surface area contributed by atoms with Crippen LogP contribution >= 0.6 is 0 Å². The molecule has 0 aromatic heterocycles. The van der Waals surface area contributed by atoms with Crippen molar-refractivity contribution < 1.29 is 23.8 Å². The zero-order valence-corrected chi connectivity index (χ0v) is 24.6. The number of benzene rings is 4. The molecule has 0 radical (unpaired) electrons. The first-order chi connectivity index (χ1) is 21.6. The van der Waals surface area contributed by atoms with E-state index in [0.29, 0.717) is 30.8 Å². The lowest BCUT2D eigenvalue weighted by molar-refractivity contribution is 0.0628. The lowest BCUT2D eigenvalue weighted by Gasteiger charge is -2.35.